The van der Waals surface area contributed by atoms with E-state index >= 15 is 0 Å². The van der Waals surface area contributed by atoms with Crippen molar-refractivity contribution >= 4 is 24.0 Å². The third-order valence-corrected chi connectivity index (χ3v) is 2.61. The van der Waals surface area contributed by atoms with E-state index in [1.54, 1.807) is 0 Å². The number of nitrogens with zero attached hydrogens (tertiary/aromatic N) is 2. The fourth-order valence-corrected chi connectivity index (χ4v) is 1.73. The number of aryl methyl sites for hydroxylation is 1. The van der Waals surface area contributed by atoms with Crippen LogP contribution in [-0.2, 0) is 13.0 Å². The standard InChI is InChI=1S/C7H13N3S2/c1-3-10-6(4-5-12-2)8-9-7(10)11/h3-5H2,1-2H3,(H,9,11). The highest BCUT2D eigenvalue weighted by Crippen LogP contribution is 2.02. The minimum absolute atomic E-state index is 0.730. The monoisotopic (exact) mass is 203 g/mol. The van der Waals surface area contributed by atoms with Gasteiger partial charge in [-0.2, -0.15) is 16.9 Å². The summed E-state index contributed by atoms with van der Waals surface area (Å²) in [4.78, 5) is 0. The predicted molar refractivity (Wildman–Crippen MR) is 55.2 cm³/mol. The molecule has 0 radical (unpaired) electrons. The van der Waals surface area contributed by atoms with Gasteiger partial charge in [-0.05, 0) is 25.4 Å². The van der Waals surface area contributed by atoms with E-state index in [9.17, 15) is 0 Å². The van der Waals surface area contributed by atoms with Gasteiger partial charge in [0, 0.05) is 18.7 Å². The summed E-state index contributed by atoms with van der Waals surface area (Å²) >= 11 is 6.88. The lowest BCUT2D eigenvalue weighted by Gasteiger charge is -2.00. The zero-order valence-corrected chi connectivity index (χ0v) is 8.97. The van der Waals surface area contributed by atoms with Crippen molar-refractivity contribution in [2.75, 3.05) is 12.0 Å². The Kier molecular flexibility index (Phi) is 3.81. The number of rotatable bonds is 4. The molecule has 1 N–H and O–H groups in total. The summed E-state index contributed by atoms with van der Waals surface area (Å²) in [5.41, 5.74) is 0. The second kappa shape index (κ2) is 4.67. The van der Waals surface area contributed by atoms with E-state index in [1.165, 1.54) is 0 Å². The van der Waals surface area contributed by atoms with Crippen LogP contribution in [0.25, 0.3) is 0 Å². The second-order valence-corrected chi connectivity index (χ2v) is 3.80. The highest BCUT2D eigenvalue weighted by Gasteiger charge is 2.02. The molecule has 0 aliphatic carbocycles. The molecule has 12 heavy (non-hydrogen) atoms. The first-order valence-electron chi connectivity index (χ1n) is 3.92. The summed E-state index contributed by atoms with van der Waals surface area (Å²) in [6.45, 7) is 2.98. The van der Waals surface area contributed by atoms with Crippen LogP contribution in [0.3, 0.4) is 0 Å². The fourth-order valence-electron chi connectivity index (χ4n) is 1.06. The van der Waals surface area contributed by atoms with Crippen molar-refractivity contribution in [3.05, 3.63) is 10.6 Å². The minimum atomic E-state index is 0.730. The number of aromatic nitrogens is 3. The Morgan fingerprint density at radius 2 is 2.42 bits per heavy atom. The van der Waals surface area contributed by atoms with E-state index in [-0.39, 0.29) is 0 Å². The topological polar surface area (TPSA) is 33.6 Å². The van der Waals surface area contributed by atoms with E-state index in [1.807, 2.05) is 16.3 Å². The molecule has 0 spiro atoms. The number of H-pyrrole nitrogens is 1. The fraction of sp³-hybridized carbons (Fsp3) is 0.714. The largest absolute Gasteiger partial charge is 0.304 e. The van der Waals surface area contributed by atoms with Crippen molar-refractivity contribution in [1.29, 1.82) is 0 Å². The normalized spacial score (nSPS) is 10.5. The molecular formula is C7H13N3S2. The lowest BCUT2D eigenvalue weighted by Crippen LogP contribution is -2.02. The Hall–Kier alpha value is -0.290. The zero-order valence-electron chi connectivity index (χ0n) is 7.33. The van der Waals surface area contributed by atoms with Gasteiger partial charge in [0.05, 0.1) is 0 Å². The van der Waals surface area contributed by atoms with Crippen molar-refractivity contribution in [2.24, 2.45) is 0 Å². The molecule has 0 bridgehead atoms. The van der Waals surface area contributed by atoms with Crippen molar-refractivity contribution in [2.45, 2.75) is 19.9 Å². The number of aromatic amines is 1. The van der Waals surface area contributed by atoms with E-state index in [0.717, 1.165) is 29.3 Å². The van der Waals surface area contributed by atoms with Crippen LogP contribution in [0.2, 0.25) is 0 Å². The van der Waals surface area contributed by atoms with Crippen LogP contribution in [0.15, 0.2) is 0 Å². The highest BCUT2D eigenvalue weighted by atomic mass is 32.2. The van der Waals surface area contributed by atoms with Gasteiger partial charge in [-0.1, -0.05) is 0 Å². The Morgan fingerprint density at radius 1 is 1.67 bits per heavy atom. The molecule has 0 amide bonds. The molecule has 0 atom stereocenters. The molecule has 0 saturated heterocycles. The van der Waals surface area contributed by atoms with Crippen LogP contribution < -0.4 is 0 Å². The molecule has 0 fully saturated rings. The molecule has 0 aliphatic heterocycles. The zero-order chi connectivity index (χ0) is 8.97. The molecule has 1 aromatic rings. The molecule has 0 unspecified atom stereocenters. The number of hydrogen-bond donors (Lipinski definition) is 1. The first kappa shape index (κ1) is 9.80. The van der Waals surface area contributed by atoms with Crippen LogP contribution in [0.4, 0.5) is 0 Å². The first-order chi connectivity index (χ1) is 5.79. The van der Waals surface area contributed by atoms with Crippen LogP contribution >= 0.6 is 24.0 Å². The molecule has 1 heterocycles. The summed E-state index contributed by atoms with van der Waals surface area (Å²) in [6, 6.07) is 0. The second-order valence-electron chi connectivity index (χ2n) is 2.43. The van der Waals surface area contributed by atoms with Gasteiger partial charge >= 0.3 is 0 Å². The van der Waals surface area contributed by atoms with E-state index in [2.05, 4.69) is 23.4 Å². The van der Waals surface area contributed by atoms with Gasteiger partial charge in [0.25, 0.3) is 0 Å². The van der Waals surface area contributed by atoms with Gasteiger partial charge in [-0.15, -0.1) is 0 Å². The molecule has 0 saturated carbocycles. The first-order valence-corrected chi connectivity index (χ1v) is 5.72. The van der Waals surface area contributed by atoms with Crippen molar-refractivity contribution in [3.8, 4) is 0 Å². The van der Waals surface area contributed by atoms with Gasteiger partial charge in [-0.3, -0.25) is 5.10 Å². The van der Waals surface area contributed by atoms with Crippen molar-refractivity contribution in [3.63, 3.8) is 0 Å². The Bertz CT molecular complexity index is 289. The highest BCUT2D eigenvalue weighted by molar-refractivity contribution is 7.98. The van der Waals surface area contributed by atoms with E-state index in [0.29, 0.717) is 0 Å². The average molecular weight is 203 g/mol. The lowest BCUT2D eigenvalue weighted by molar-refractivity contribution is 0.699. The van der Waals surface area contributed by atoms with Crippen LogP contribution in [0.1, 0.15) is 12.7 Å². The maximum atomic E-state index is 5.06. The molecular weight excluding hydrogens is 190 g/mol. The molecule has 5 heteroatoms. The van der Waals surface area contributed by atoms with E-state index in [4.69, 9.17) is 12.2 Å². The molecule has 68 valence electrons. The summed E-state index contributed by atoms with van der Waals surface area (Å²) < 4.78 is 2.76. The maximum absolute atomic E-state index is 5.06. The van der Waals surface area contributed by atoms with Crippen LogP contribution in [-0.4, -0.2) is 26.8 Å². The minimum Gasteiger partial charge on any atom is -0.304 e. The molecule has 0 aliphatic rings. The SMILES string of the molecule is CCn1c(CCSC)n[nH]c1=S. The number of hydrogen-bond acceptors (Lipinski definition) is 3. The summed E-state index contributed by atoms with van der Waals surface area (Å²) in [5, 5.41) is 6.96. The summed E-state index contributed by atoms with van der Waals surface area (Å²) in [5.74, 6) is 2.16. The van der Waals surface area contributed by atoms with Crippen molar-refractivity contribution < 1.29 is 0 Å². The summed E-state index contributed by atoms with van der Waals surface area (Å²) in [7, 11) is 0. The van der Waals surface area contributed by atoms with Crippen molar-refractivity contribution in [1.82, 2.24) is 14.8 Å². The molecule has 0 aromatic carbocycles. The smallest absolute Gasteiger partial charge is 0.195 e. The van der Waals surface area contributed by atoms with Gasteiger partial charge < -0.3 is 4.57 Å². The third-order valence-electron chi connectivity index (χ3n) is 1.68. The predicted octanol–water partition coefficient (Wildman–Crippen LogP) is 1.87. The number of nitrogens with one attached hydrogen (secondary N) is 1. The molecule has 3 nitrogen and oxygen atoms in total. The molecule has 1 aromatic heterocycles. The quantitative estimate of drug-likeness (QED) is 0.758. The van der Waals surface area contributed by atoms with Crippen LogP contribution in [0.5, 0.6) is 0 Å². The Balaban J connectivity index is 2.77. The van der Waals surface area contributed by atoms with Gasteiger partial charge in [-0.25, -0.2) is 0 Å². The molecule has 1 rings (SSSR count). The summed E-state index contributed by atoms with van der Waals surface area (Å²) in [6.07, 6.45) is 3.08. The van der Waals surface area contributed by atoms with Gasteiger partial charge in [0.1, 0.15) is 5.82 Å². The Morgan fingerprint density at radius 3 is 3.00 bits per heavy atom. The lowest BCUT2D eigenvalue weighted by atomic mass is 10.4. The third kappa shape index (κ3) is 2.10. The van der Waals surface area contributed by atoms with Gasteiger partial charge in [0.15, 0.2) is 4.77 Å². The average Bonchev–Trinajstić information content (AvgIpc) is 2.43. The number of thioether (sulfide) groups is 1. The van der Waals surface area contributed by atoms with Crippen LogP contribution in [0, 0.1) is 4.77 Å². The van der Waals surface area contributed by atoms with E-state index < -0.39 is 0 Å². The van der Waals surface area contributed by atoms with Gasteiger partial charge in [0.2, 0.25) is 0 Å². The Labute approximate surface area is 81.6 Å². The maximum Gasteiger partial charge on any atom is 0.195 e.